The van der Waals surface area contributed by atoms with Gasteiger partial charge in [0.2, 0.25) is 0 Å². The van der Waals surface area contributed by atoms with E-state index in [0.717, 1.165) is 18.4 Å². The second-order valence-corrected chi connectivity index (χ2v) is 5.86. The normalized spacial score (nSPS) is 27.2. The van der Waals surface area contributed by atoms with E-state index in [9.17, 15) is 0 Å². The molecule has 0 unspecified atom stereocenters. The van der Waals surface area contributed by atoms with Crippen LogP contribution in [0, 0.1) is 11.8 Å². The topological polar surface area (TPSA) is 29.3 Å². The van der Waals surface area contributed by atoms with Gasteiger partial charge in [-0.25, -0.2) is 0 Å². The van der Waals surface area contributed by atoms with Crippen LogP contribution in [0.5, 0.6) is 0 Å². The van der Waals surface area contributed by atoms with Crippen molar-refractivity contribution in [2.24, 2.45) is 17.6 Å². The van der Waals surface area contributed by atoms with Crippen LogP contribution in [0.2, 0.25) is 0 Å². The molecule has 0 aromatic carbocycles. The maximum Gasteiger partial charge on any atom is 0.00693 e. The van der Waals surface area contributed by atoms with Crippen molar-refractivity contribution in [3.05, 3.63) is 0 Å². The summed E-state index contributed by atoms with van der Waals surface area (Å²) in [6.07, 6.45) is 7.69. The van der Waals surface area contributed by atoms with Crippen molar-refractivity contribution in [2.75, 3.05) is 38.7 Å². The van der Waals surface area contributed by atoms with Gasteiger partial charge < -0.3 is 10.6 Å². The standard InChI is InChI=1S/C12H26N2S/c1-14(7-8-15-2)10-12-5-3-11(9-13)4-6-12/h11-12H,3-10,13H2,1-2H3. The number of nitrogens with two attached hydrogens (primary N) is 1. The summed E-state index contributed by atoms with van der Waals surface area (Å²) in [6.45, 7) is 3.42. The van der Waals surface area contributed by atoms with Gasteiger partial charge in [0.25, 0.3) is 0 Å². The molecule has 90 valence electrons. The minimum Gasteiger partial charge on any atom is -0.330 e. The van der Waals surface area contributed by atoms with Gasteiger partial charge in [-0.05, 0) is 57.4 Å². The Bertz CT molecular complexity index is 156. The van der Waals surface area contributed by atoms with Gasteiger partial charge in [0.1, 0.15) is 0 Å². The molecule has 0 radical (unpaired) electrons. The van der Waals surface area contributed by atoms with Gasteiger partial charge in [0, 0.05) is 18.8 Å². The van der Waals surface area contributed by atoms with Crippen molar-refractivity contribution in [3.63, 3.8) is 0 Å². The van der Waals surface area contributed by atoms with E-state index in [-0.39, 0.29) is 0 Å². The summed E-state index contributed by atoms with van der Waals surface area (Å²) in [5.74, 6) is 3.01. The predicted molar refractivity (Wildman–Crippen MR) is 70.4 cm³/mol. The molecule has 0 spiro atoms. The first kappa shape index (κ1) is 13.3. The lowest BCUT2D eigenvalue weighted by molar-refractivity contribution is 0.212. The monoisotopic (exact) mass is 230 g/mol. The highest BCUT2D eigenvalue weighted by molar-refractivity contribution is 7.98. The van der Waals surface area contributed by atoms with Crippen LogP contribution >= 0.6 is 11.8 Å². The van der Waals surface area contributed by atoms with Crippen LogP contribution in [0.3, 0.4) is 0 Å². The fraction of sp³-hybridized carbons (Fsp3) is 1.00. The first-order chi connectivity index (χ1) is 7.26. The first-order valence-corrected chi connectivity index (χ1v) is 7.53. The number of thioether (sulfide) groups is 1. The summed E-state index contributed by atoms with van der Waals surface area (Å²) in [4.78, 5) is 2.49. The fourth-order valence-electron chi connectivity index (χ4n) is 2.43. The van der Waals surface area contributed by atoms with E-state index >= 15 is 0 Å². The predicted octanol–water partition coefficient (Wildman–Crippen LogP) is 2.05. The minimum absolute atomic E-state index is 0.817. The molecule has 0 heterocycles. The van der Waals surface area contributed by atoms with E-state index in [1.165, 1.54) is 44.5 Å². The smallest absolute Gasteiger partial charge is 0.00693 e. The first-order valence-electron chi connectivity index (χ1n) is 6.13. The van der Waals surface area contributed by atoms with Crippen molar-refractivity contribution < 1.29 is 0 Å². The zero-order valence-electron chi connectivity index (χ0n) is 10.2. The van der Waals surface area contributed by atoms with Crippen molar-refractivity contribution >= 4 is 11.8 Å². The highest BCUT2D eigenvalue weighted by atomic mass is 32.2. The molecule has 3 heteroatoms. The molecule has 0 saturated heterocycles. The molecule has 0 amide bonds. The van der Waals surface area contributed by atoms with E-state index in [1.54, 1.807) is 0 Å². The molecular formula is C12H26N2S. The lowest BCUT2D eigenvalue weighted by Gasteiger charge is -2.30. The van der Waals surface area contributed by atoms with E-state index in [1.807, 2.05) is 11.8 Å². The van der Waals surface area contributed by atoms with E-state index in [2.05, 4.69) is 18.2 Å². The van der Waals surface area contributed by atoms with Crippen LogP contribution < -0.4 is 5.73 Å². The Balaban J connectivity index is 2.12. The Kier molecular flexibility index (Phi) is 6.69. The fourth-order valence-corrected chi connectivity index (χ4v) is 2.92. The zero-order valence-corrected chi connectivity index (χ0v) is 11.1. The molecule has 0 aromatic rings. The Labute approximate surface area is 99.0 Å². The number of hydrogen-bond acceptors (Lipinski definition) is 3. The van der Waals surface area contributed by atoms with Gasteiger partial charge in [-0.3, -0.25) is 0 Å². The summed E-state index contributed by atoms with van der Waals surface area (Å²) in [7, 11) is 2.26. The molecule has 1 aliphatic carbocycles. The highest BCUT2D eigenvalue weighted by Gasteiger charge is 2.20. The minimum atomic E-state index is 0.817. The molecule has 15 heavy (non-hydrogen) atoms. The number of hydrogen-bond donors (Lipinski definition) is 1. The highest BCUT2D eigenvalue weighted by Crippen LogP contribution is 2.28. The number of rotatable bonds is 6. The van der Waals surface area contributed by atoms with Crippen molar-refractivity contribution in [1.82, 2.24) is 4.90 Å². The second-order valence-electron chi connectivity index (χ2n) is 4.88. The summed E-state index contributed by atoms with van der Waals surface area (Å²) >= 11 is 1.94. The Morgan fingerprint density at radius 2 is 1.80 bits per heavy atom. The molecule has 1 aliphatic rings. The molecule has 2 N–H and O–H groups in total. The second kappa shape index (κ2) is 7.53. The molecule has 0 aliphatic heterocycles. The van der Waals surface area contributed by atoms with E-state index in [4.69, 9.17) is 5.73 Å². The van der Waals surface area contributed by atoms with Crippen LogP contribution in [0.25, 0.3) is 0 Å². The molecule has 0 aromatic heterocycles. The Hall–Kier alpha value is 0.270. The average Bonchev–Trinajstić information content (AvgIpc) is 2.27. The van der Waals surface area contributed by atoms with Crippen molar-refractivity contribution in [2.45, 2.75) is 25.7 Å². The quantitative estimate of drug-likeness (QED) is 0.757. The number of nitrogens with zero attached hydrogens (tertiary/aromatic N) is 1. The molecular weight excluding hydrogens is 204 g/mol. The zero-order chi connectivity index (χ0) is 11.1. The maximum absolute atomic E-state index is 5.70. The molecule has 0 atom stereocenters. The Morgan fingerprint density at radius 3 is 2.33 bits per heavy atom. The van der Waals surface area contributed by atoms with Crippen molar-refractivity contribution in [1.29, 1.82) is 0 Å². The summed E-state index contributed by atoms with van der Waals surface area (Å²) in [6, 6.07) is 0. The van der Waals surface area contributed by atoms with Crippen LogP contribution in [-0.2, 0) is 0 Å². The maximum atomic E-state index is 5.70. The third-order valence-electron chi connectivity index (χ3n) is 3.55. The van der Waals surface area contributed by atoms with Gasteiger partial charge in [-0.15, -0.1) is 0 Å². The molecule has 1 saturated carbocycles. The lowest BCUT2D eigenvalue weighted by atomic mass is 9.82. The van der Waals surface area contributed by atoms with Gasteiger partial charge in [-0.1, -0.05) is 0 Å². The SMILES string of the molecule is CSCCN(C)CC1CCC(CN)CC1. The van der Waals surface area contributed by atoms with Crippen LogP contribution in [0.4, 0.5) is 0 Å². The summed E-state index contributed by atoms with van der Waals surface area (Å²) < 4.78 is 0. The van der Waals surface area contributed by atoms with Crippen molar-refractivity contribution in [3.8, 4) is 0 Å². The molecule has 0 bridgehead atoms. The largest absolute Gasteiger partial charge is 0.330 e. The molecule has 2 nitrogen and oxygen atoms in total. The lowest BCUT2D eigenvalue weighted by Crippen LogP contribution is -2.31. The average molecular weight is 230 g/mol. The van der Waals surface area contributed by atoms with Gasteiger partial charge in [0.05, 0.1) is 0 Å². The third kappa shape index (κ3) is 5.23. The van der Waals surface area contributed by atoms with Gasteiger partial charge in [-0.2, -0.15) is 11.8 Å². The summed E-state index contributed by atoms with van der Waals surface area (Å²) in [5.41, 5.74) is 5.70. The van der Waals surface area contributed by atoms with Gasteiger partial charge in [0.15, 0.2) is 0 Å². The van der Waals surface area contributed by atoms with E-state index in [0.29, 0.717) is 0 Å². The van der Waals surface area contributed by atoms with E-state index < -0.39 is 0 Å². The van der Waals surface area contributed by atoms with Crippen LogP contribution in [0.1, 0.15) is 25.7 Å². The summed E-state index contributed by atoms with van der Waals surface area (Å²) in [5, 5.41) is 0. The Morgan fingerprint density at radius 1 is 1.20 bits per heavy atom. The van der Waals surface area contributed by atoms with Gasteiger partial charge >= 0.3 is 0 Å². The molecule has 1 fully saturated rings. The third-order valence-corrected chi connectivity index (χ3v) is 4.14. The van der Waals surface area contributed by atoms with Crippen LogP contribution in [0.15, 0.2) is 0 Å². The van der Waals surface area contributed by atoms with Crippen LogP contribution in [-0.4, -0.2) is 43.6 Å². The molecule has 1 rings (SSSR count).